The summed E-state index contributed by atoms with van der Waals surface area (Å²) in [5.41, 5.74) is 9.04. The molecule has 0 bridgehead atoms. The third-order valence-corrected chi connectivity index (χ3v) is 6.85. The summed E-state index contributed by atoms with van der Waals surface area (Å²) in [5, 5.41) is 24.5. The van der Waals surface area contributed by atoms with Crippen molar-refractivity contribution in [1.29, 1.82) is 10.5 Å². The summed E-state index contributed by atoms with van der Waals surface area (Å²) in [6, 6.07) is 15.8. The Kier molecular flexibility index (Phi) is 7.30. The first-order valence-corrected chi connectivity index (χ1v) is 11.6. The number of amides is 1. The zero-order valence-corrected chi connectivity index (χ0v) is 18.9. The number of aromatic amines is 1. The van der Waals surface area contributed by atoms with Crippen LogP contribution in [0.3, 0.4) is 0 Å². The highest BCUT2D eigenvalue weighted by molar-refractivity contribution is 7.99. The highest BCUT2D eigenvalue weighted by Crippen LogP contribution is 2.36. The number of nitrogens with one attached hydrogen (secondary N) is 2. The highest BCUT2D eigenvalue weighted by atomic mass is 32.2. The number of carbonyl (C=O) groups is 1. The maximum Gasteiger partial charge on any atom is 0.289 e. The molecule has 0 aliphatic carbocycles. The van der Waals surface area contributed by atoms with Crippen molar-refractivity contribution in [2.45, 2.75) is 31.2 Å². The summed E-state index contributed by atoms with van der Waals surface area (Å²) in [6.45, 7) is 4.31. The second-order valence-electron chi connectivity index (χ2n) is 6.96. The van der Waals surface area contributed by atoms with Crippen molar-refractivity contribution < 1.29 is 9.78 Å². The fourth-order valence-electron chi connectivity index (χ4n) is 3.08. The topological polar surface area (TPSA) is 117 Å². The van der Waals surface area contributed by atoms with E-state index >= 15 is 0 Å². The number of hydrogen-bond donors (Lipinski definition) is 2. The summed E-state index contributed by atoms with van der Waals surface area (Å²) in [5.74, 6) is 0.542. The number of benzene rings is 1. The van der Waals surface area contributed by atoms with Crippen molar-refractivity contribution in [2.75, 3.05) is 16.8 Å². The van der Waals surface area contributed by atoms with Crippen molar-refractivity contribution in [3.8, 4) is 22.6 Å². The van der Waals surface area contributed by atoms with Gasteiger partial charge < -0.3 is 5.32 Å². The number of pyridine rings is 1. The molecule has 0 saturated heterocycles. The molecule has 1 aromatic carbocycles. The lowest BCUT2D eigenvalue weighted by molar-refractivity contribution is -0.410. The molecule has 0 fully saturated rings. The lowest BCUT2D eigenvalue weighted by Crippen LogP contribution is -2.20. The van der Waals surface area contributed by atoms with Gasteiger partial charge in [0.25, 0.3) is 5.82 Å². The number of carbonyl (C=O) groups excluding carboxylic acids is 1. The van der Waals surface area contributed by atoms with Crippen molar-refractivity contribution >= 4 is 40.5 Å². The molecule has 3 rings (SSSR count). The fourth-order valence-corrected chi connectivity index (χ4v) is 4.69. The predicted octanol–water partition coefficient (Wildman–Crippen LogP) is 4.80. The number of nitrogen functional groups attached to an aromatic ring is 1. The van der Waals surface area contributed by atoms with Gasteiger partial charge in [-0.1, -0.05) is 43.8 Å². The van der Waals surface area contributed by atoms with E-state index in [4.69, 9.17) is 5.73 Å². The Bertz CT molecular complexity index is 1160. The summed E-state index contributed by atoms with van der Waals surface area (Å²) >= 11 is 2.60. The number of rotatable bonds is 7. The van der Waals surface area contributed by atoms with Crippen LogP contribution in [0.2, 0.25) is 0 Å². The number of thiophene rings is 1. The summed E-state index contributed by atoms with van der Waals surface area (Å²) < 4.78 is 0. The summed E-state index contributed by atoms with van der Waals surface area (Å²) in [7, 11) is 0. The van der Waals surface area contributed by atoms with E-state index in [2.05, 4.69) is 36.3 Å². The van der Waals surface area contributed by atoms with E-state index in [1.165, 1.54) is 28.7 Å². The SMILES string of the molecule is CC[C@@H](C)c1ccc(NC(=O)CSc2[nH+]c(N)c(C#N)c(-c3cccs3)c2C#N)cc1. The van der Waals surface area contributed by atoms with Crippen LogP contribution in [-0.2, 0) is 4.79 Å². The third-order valence-electron chi connectivity index (χ3n) is 4.96. The summed E-state index contributed by atoms with van der Waals surface area (Å²) in [6.07, 6.45) is 1.06. The lowest BCUT2D eigenvalue weighted by atomic mass is 9.99. The number of nitriles is 2. The van der Waals surface area contributed by atoms with Crippen LogP contribution in [0.15, 0.2) is 46.8 Å². The Morgan fingerprint density at radius 3 is 2.52 bits per heavy atom. The van der Waals surface area contributed by atoms with Crippen LogP contribution in [0.5, 0.6) is 0 Å². The Morgan fingerprint density at radius 2 is 1.94 bits per heavy atom. The third kappa shape index (κ3) is 5.05. The maximum atomic E-state index is 12.5. The first-order chi connectivity index (χ1) is 15.0. The van der Waals surface area contributed by atoms with Gasteiger partial charge in [-0.3, -0.25) is 10.5 Å². The average molecular weight is 449 g/mol. The molecule has 31 heavy (non-hydrogen) atoms. The molecule has 0 radical (unpaired) electrons. The monoisotopic (exact) mass is 448 g/mol. The van der Waals surface area contributed by atoms with Gasteiger partial charge in [-0.15, -0.1) is 11.3 Å². The lowest BCUT2D eigenvalue weighted by Gasteiger charge is -2.11. The van der Waals surface area contributed by atoms with Crippen LogP contribution in [0.1, 0.15) is 42.9 Å². The minimum absolute atomic E-state index is 0.0908. The van der Waals surface area contributed by atoms with E-state index < -0.39 is 0 Å². The zero-order valence-electron chi connectivity index (χ0n) is 17.2. The van der Waals surface area contributed by atoms with Gasteiger partial charge in [0.05, 0.1) is 5.75 Å². The van der Waals surface area contributed by atoms with E-state index in [0.717, 1.165) is 17.0 Å². The molecule has 3 aromatic rings. The Morgan fingerprint density at radius 1 is 1.23 bits per heavy atom. The molecule has 1 amide bonds. The molecule has 2 aromatic heterocycles. The molecule has 0 spiro atoms. The number of aromatic nitrogens is 1. The molecule has 6 nitrogen and oxygen atoms in total. The molecule has 0 aliphatic rings. The van der Waals surface area contributed by atoms with Crippen molar-refractivity contribution in [3.63, 3.8) is 0 Å². The largest absolute Gasteiger partial charge is 0.325 e. The molecule has 2 heterocycles. The van der Waals surface area contributed by atoms with Gasteiger partial charge in [0, 0.05) is 16.1 Å². The second kappa shape index (κ2) is 10.1. The molecule has 0 aliphatic heterocycles. The normalized spacial score (nSPS) is 11.4. The molecule has 0 saturated carbocycles. The molecular formula is C23H22N5OS2+. The highest BCUT2D eigenvalue weighted by Gasteiger charge is 2.24. The van der Waals surface area contributed by atoms with Gasteiger partial charge >= 0.3 is 0 Å². The van der Waals surface area contributed by atoms with Gasteiger partial charge in [-0.05, 0) is 41.5 Å². The van der Waals surface area contributed by atoms with Crippen molar-refractivity contribution in [3.05, 3.63) is 58.5 Å². The quantitative estimate of drug-likeness (QED) is 0.504. The Balaban J connectivity index is 1.78. The first-order valence-electron chi connectivity index (χ1n) is 9.73. The van der Waals surface area contributed by atoms with Gasteiger partial charge in [0.1, 0.15) is 17.7 Å². The van der Waals surface area contributed by atoms with Crippen LogP contribution in [0.4, 0.5) is 11.5 Å². The molecule has 8 heteroatoms. The molecule has 4 N–H and O–H groups in total. The van der Waals surface area contributed by atoms with Crippen molar-refractivity contribution in [1.82, 2.24) is 0 Å². The van der Waals surface area contributed by atoms with Crippen LogP contribution >= 0.6 is 23.1 Å². The fraction of sp³-hybridized carbons (Fsp3) is 0.217. The average Bonchev–Trinajstić information content (AvgIpc) is 3.31. The Hall–Kier alpha value is -3.33. The van der Waals surface area contributed by atoms with Gasteiger partial charge in [-0.25, -0.2) is 4.98 Å². The number of nitrogens with two attached hydrogens (primary N) is 1. The zero-order chi connectivity index (χ0) is 22.4. The van der Waals surface area contributed by atoms with Crippen molar-refractivity contribution in [2.24, 2.45) is 0 Å². The molecular weight excluding hydrogens is 426 g/mol. The smallest absolute Gasteiger partial charge is 0.289 e. The molecule has 0 unspecified atom stereocenters. The maximum absolute atomic E-state index is 12.5. The van der Waals surface area contributed by atoms with E-state index in [-0.39, 0.29) is 23.0 Å². The van der Waals surface area contributed by atoms with Gasteiger partial charge in [0.15, 0.2) is 10.6 Å². The van der Waals surface area contributed by atoms with Crippen LogP contribution in [0.25, 0.3) is 10.4 Å². The van der Waals surface area contributed by atoms with Crippen LogP contribution in [-0.4, -0.2) is 11.7 Å². The second-order valence-corrected chi connectivity index (χ2v) is 8.90. The van der Waals surface area contributed by atoms with Gasteiger partial charge in [-0.2, -0.15) is 10.5 Å². The minimum Gasteiger partial charge on any atom is -0.325 e. The number of hydrogen-bond acceptors (Lipinski definition) is 6. The van der Waals surface area contributed by atoms with Crippen LogP contribution in [0, 0.1) is 22.7 Å². The van der Waals surface area contributed by atoms with E-state index in [1.807, 2.05) is 41.8 Å². The number of thioether (sulfide) groups is 1. The molecule has 1 atom stereocenters. The van der Waals surface area contributed by atoms with Gasteiger partial charge in [0.2, 0.25) is 5.91 Å². The van der Waals surface area contributed by atoms with E-state index in [1.54, 1.807) is 0 Å². The minimum atomic E-state index is -0.195. The Labute approximate surface area is 189 Å². The van der Waals surface area contributed by atoms with E-state index in [9.17, 15) is 15.3 Å². The standard InChI is InChI=1S/C23H21N5OS2/c1-3-14(2)15-6-8-16(9-7-15)27-20(29)13-31-23-18(12-25)21(19-5-4-10-30-19)17(11-24)22(26)28-23/h4-10,14H,3,13H2,1-2H3,(H2,26,28)(H,27,29)/p+1/t14-/m1/s1. The number of nitrogens with zero attached hydrogens (tertiary/aromatic N) is 2. The van der Waals surface area contributed by atoms with Crippen LogP contribution < -0.4 is 16.0 Å². The first kappa shape index (κ1) is 22.4. The van der Waals surface area contributed by atoms with E-state index in [0.29, 0.717) is 22.1 Å². The number of H-pyrrole nitrogens is 1. The number of anilines is 2. The predicted molar refractivity (Wildman–Crippen MR) is 125 cm³/mol. The summed E-state index contributed by atoms with van der Waals surface area (Å²) in [4.78, 5) is 16.2. The molecule has 156 valence electrons.